The molecule has 0 N–H and O–H groups in total. The van der Waals surface area contributed by atoms with Crippen LogP contribution in [0.25, 0.3) is 0 Å². The molecule has 4 heterocycles. The van der Waals surface area contributed by atoms with Crippen LogP contribution in [0, 0.1) is 6.92 Å². The van der Waals surface area contributed by atoms with Gasteiger partial charge in [0.25, 0.3) is 0 Å². The summed E-state index contributed by atoms with van der Waals surface area (Å²) in [6.07, 6.45) is 0.908. The van der Waals surface area contributed by atoms with E-state index in [-0.39, 0.29) is 0 Å². The van der Waals surface area contributed by atoms with Gasteiger partial charge in [0.2, 0.25) is 5.95 Å². The van der Waals surface area contributed by atoms with Crippen molar-refractivity contribution in [1.82, 2.24) is 15.0 Å². The molecule has 0 aliphatic carbocycles. The maximum Gasteiger partial charge on any atom is 0.227 e. The van der Waals surface area contributed by atoms with Gasteiger partial charge in [-0.2, -0.15) is 4.98 Å². The van der Waals surface area contributed by atoms with Crippen molar-refractivity contribution in [1.29, 1.82) is 0 Å². The summed E-state index contributed by atoms with van der Waals surface area (Å²) in [4.78, 5) is 21.1. The molecule has 2 aliphatic heterocycles. The fourth-order valence-corrected chi connectivity index (χ4v) is 3.56. The van der Waals surface area contributed by atoms with Gasteiger partial charge in [-0.25, -0.2) is 9.97 Å². The van der Waals surface area contributed by atoms with Crippen LogP contribution in [0.3, 0.4) is 0 Å². The maximum absolute atomic E-state index is 5.46. The Kier molecular flexibility index (Phi) is 4.63. The molecule has 2 aliphatic rings. The van der Waals surface area contributed by atoms with Crippen molar-refractivity contribution in [3.8, 4) is 0 Å². The van der Waals surface area contributed by atoms with Crippen molar-refractivity contribution >= 4 is 17.6 Å². The zero-order chi connectivity index (χ0) is 18.1. The third kappa shape index (κ3) is 3.31. The smallest absolute Gasteiger partial charge is 0.227 e. The van der Waals surface area contributed by atoms with Crippen molar-refractivity contribution in [2.45, 2.75) is 19.9 Å². The molecule has 26 heavy (non-hydrogen) atoms. The molecule has 0 aromatic carbocycles. The molecule has 0 saturated carbocycles. The van der Waals surface area contributed by atoms with Gasteiger partial charge in [-0.3, -0.25) is 0 Å². The van der Waals surface area contributed by atoms with E-state index in [2.05, 4.69) is 45.9 Å². The molecule has 4 rings (SSSR count). The Balaban J connectivity index is 1.67. The summed E-state index contributed by atoms with van der Waals surface area (Å²) in [5, 5.41) is 0. The van der Waals surface area contributed by atoms with Gasteiger partial charge >= 0.3 is 0 Å². The zero-order valence-electron chi connectivity index (χ0n) is 15.8. The average Bonchev–Trinajstić information content (AvgIpc) is 2.67. The quantitative estimate of drug-likeness (QED) is 0.830. The number of aryl methyl sites for hydroxylation is 1. The third-order valence-corrected chi connectivity index (χ3v) is 4.94. The topological polar surface area (TPSA) is 57.6 Å². The lowest BCUT2D eigenvalue weighted by Crippen LogP contribution is -2.39. The van der Waals surface area contributed by atoms with E-state index in [0.29, 0.717) is 0 Å². The number of hydrogen-bond donors (Lipinski definition) is 0. The fraction of sp³-hybridized carbons (Fsp3) is 0.526. The minimum atomic E-state index is 0.741. The molecule has 0 bridgehead atoms. The number of fused-ring (bicyclic) bond motifs is 1. The molecule has 7 nitrogen and oxygen atoms in total. The molecule has 1 fully saturated rings. The van der Waals surface area contributed by atoms with Gasteiger partial charge in [0.05, 0.1) is 18.9 Å². The summed E-state index contributed by atoms with van der Waals surface area (Å²) in [7, 11) is 4.10. The van der Waals surface area contributed by atoms with Gasteiger partial charge in [-0.05, 0) is 19.1 Å². The number of ether oxygens (including phenoxy) is 1. The van der Waals surface area contributed by atoms with Gasteiger partial charge in [0, 0.05) is 58.0 Å². The highest BCUT2D eigenvalue weighted by atomic mass is 16.5. The second-order valence-electron chi connectivity index (χ2n) is 7.08. The van der Waals surface area contributed by atoms with Crippen LogP contribution in [0.4, 0.5) is 17.6 Å². The number of morpholine rings is 1. The van der Waals surface area contributed by atoms with Crippen molar-refractivity contribution < 1.29 is 4.74 Å². The monoisotopic (exact) mass is 354 g/mol. The lowest BCUT2D eigenvalue weighted by Gasteiger charge is -2.33. The largest absolute Gasteiger partial charge is 0.378 e. The highest BCUT2D eigenvalue weighted by molar-refractivity contribution is 5.56. The first-order valence-electron chi connectivity index (χ1n) is 9.20. The number of hydrogen-bond acceptors (Lipinski definition) is 7. The number of rotatable bonds is 3. The Morgan fingerprint density at radius 2 is 1.81 bits per heavy atom. The van der Waals surface area contributed by atoms with E-state index in [1.807, 2.05) is 13.0 Å². The first kappa shape index (κ1) is 17.0. The first-order valence-corrected chi connectivity index (χ1v) is 9.20. The molecular formula is C19H26N6O. The average molecular weight is 354 g/mol. The predicted octanol–water partition coefficient (Wildman–Crippen LogP) is 1.65. The summed E-state index contributed by atoms with van der Waals surface area (Å²) < 4.78 is 5.46. The lowest BCUT2D eigenvalue weighted by atomic mass is 10.1. The molecule has 0 atom stereocenters. The fourth-order valence-electron chi connectivity index (χ4n) is 3.56. The van der Waals surface area contributed by atoms with Crippen LogP contribution in [0.15, 0.2) is 18.2 Å². The molecule has 0 radical (unpaired) electrons. The van der Waals surface area contributed by atoms with Gasteiger partial charge < -0.3 is 19.4 Å². The van der Waals surface area contributed by atoms with E-state index >= 15 is 0 Å². The van der Waals surface area contributed by atoms with Gasteiger partial charge in [0.1, 0.15) is 11.6 Å². The summed E-state index contributed by atoms with van der Waals surface area (Å²) in [5.74, 6) is 2.87. The van der Waals surface area contributed by atoms with Crippen molar-refractivity contribution in [2.24, 2.45) is 0 Å². The molecular weight excluding hydrogens is 328 g/mol. The molecule has 0 spiro atoms. The van der Waals surface area contributed by atoms with E-state index < -0.39 is 0 Å². The van der Waals surface area contributed by atoms with Gasteiger partial charge in [-0.15, -0.1) is 0 Å². The maximum atomic E-state index is 5.46. The van der Waals surface area contributed by atoms with E-state index in [4.69, 9.17) is 14.7 Å². The summed E-state index contributed by atoms with van der Waals surface area (Å²) in [6.45, 7) is 6.94. The minimum Gasteiger partial charge on any atom is -0.378 e. The van der Waals surface area contributed by atoms with Crippen LogP contribution < -0.4 is 14.7 Å². The number of pyridine rings is 1. The molecule has 7 heteroatoms. The van der Waals surface area contributed by atoms with Crippen molar-refractivity contribution in [3.05, 3.63) is 35.2 Å². The van der Waals surface area contributed by atoms with Gasteiger partial charge in [-0.1, -0.05) is 6.07 Å². The Hall–Kier alpha value is -2.41. The van der Waals surface area contributed by atoms with Crippen LogP contribution in [-0.2, 0) is 17.7 Å². The second kappa shape index (κ2) is 7.07. The summed E-state index contributed by atoms with van der Waals surface area (Å²) in [6, 6.07) is 6.18. The minimum absolute atomic E-state index is 0.741. The van der Waals surface area contributed by atoms with Crippen LogP contribution in [0.5, 0.6) is 0 Å². The summed E-state index contributed by atoms with van der Waals surface area (Å²) >= 11 is 0. The highest BCUT2D eigenvalue weighted by Crippen LogP contribution is 2.30. The van der Waals surface area contributed by atoms with E-state index in [9.17, 15) is 0 Å². The number of aromatic nitrogens is 3. The van der Waals surface area contributed by atoms with Crippen LogP contribution in [0.1, 0.15) is 17.0 Å². The molecule has 138 valence electrons. The number of nitrogens with zero attached hydrogens (tertiary/aromatic N) is 6. The Labute approximate surface area is 154 Å². The molecule has 1 saturated heterocycles. The number of anilines is 3. The Morgan fingerprint density at radius 1 is 1.00 bits per heavy atom. The molecule has 2 aromatic heterocycles. The highest BCUT2D eigenvalue weighted by Gasteiger charge is 2.26. The lowest BCUT2D eigenvalue weighted by molar-refractivity contribution is 0.122. The summed E-state index contributed by atoms with van der Waals surface area (Å²) in [5.41, 5.74) is 3.41. The van der Waals surface area contributed by atoms with E-state index in [0.717, 1.165) is 74.8 Å². The standard InChI is InChI=1S/C19H26N6O/c1-14-5-4-6-17(20-14)25-8-7-16-15(13-25)18(23(2)3)22-19(21-16)24-9-11-26-12-10-24/h4-6H,7-13H2,1-3H3. The predicted molar refractivity (Wildman–Crippen MR) is 103 cm³/mol. The van der Waals surface area contributed by atoms with Crippen LogP contribution >= 0.6 is 0 Å². The van der Waals surface area contributed by atoms with Crippen LogP contribution in [0.2, 0.25) is 0 Å². The van der Waals surface area contributed by atoms with Gasteiger partial charge in [0.15, 0.2) is 0 Å². The van der Waals surface area contributed by atoms with Crippen molar-refractivity contribution in [2.75, 3.05) is 61.6 Å². The van der Waals surface area contributed by atoms with Crippen LogP contribution in [-0.4, -0.2) is 61.9 Å². The Morgan fingerprint density at radius 3 is 2.54 bits per heavy atom. The van der Waals surface area contributed by atoms with E-state index in [1.54, 1.807) is 0 Å². The second-order valence-corrected chi connectivity index (χ2v) is 7.08. The normalized spacial score (nSPS) is 17.2. The molecule has 0 unspecified atom stereocenters. The van der Waals surface area contributed by atoms with E-state index in [1.165, 1.54) is 5.56 Å². The first-order chi connectivity index (χ1) is 12.6. The zero-order valence-corrected chi connectivity index (χ0v) is 15.8. The molecule has 0 amide bonds. The Bertz CT molecular complexity index is 788. The molecule has 2 aromatic rings. The third-order valence-electron chi connectivity index (χ3n) is 4.94. The SMILES string of the molecule is Cc1cccc(N2CCc3nc(N4CCOCC4)nc(N(C)C)c3C2)n1. The van der Waals surface area contributed by atoms with Crippen molar-refractivity contribution in [3.63, 3.8) is 0 Å².